The number of nitrogens with one attached hydrogen (secondary N) is 1. The molecule has 1 atom stereocenters. The van der Waals surface area contributed by atoms with Gasteiger partial charge in [-0.1, -0.05) is 0 Å². The molecule has 104 valence electrons. The van der Waals surface area contributed by atoms with Crippen LogP contribution in [0, 0.1) is 0 Å². The summed E-state index contributed by atoms with van der Waals surface area (Å²) >= 11 is 0. The fourth-order valence-corrected chi connectivity index (χ4v) is 2.38. The second-order valence-electron chi connectivity index (χ2n) is 4.80. The summed E-state index contributed by atoms with van der Waals surface area (Å²) in [5, 5.41) is 7.06. The first kappa shape index (κ1) is 12.6. The molecule has 2 aromatic heterocycles. The van der Waals surface area contributed by atoms with Crippen LogP contribution in [0.3, 0.4) is 0 Å². The Balaban J connectivity index is 1.68. The van der Waals surface area contributed by atoms with Crippen LogP contribution in [-0.4, -0.2) is 38.7 Å². The van der Waals surface area contributed by atoms with E-state index in [0.29, 0.717) is 5.82 Å². The maximum Gasteiger partial charge on any atom is 0.225 e. The Kier molecular flexibility index (Phi) is 3.32. The lowest BCUT2D eigenvalue weighted by Gasteiger charge is -2.15. The van der Waals surface area contributed by atoms with Gasteiger partial charge in [-0.15, -0.1) is 0 Å². The van der Waals surface area contributed by atoms with E-state index in [2.05, 4.69) is 25.3 Å². The van der Waals surface area contributed by atoms with Gasteiger partial charge in [0.25, 0.3) is 0 Å². The van der Waals surface area contributed by atoms with E-state index in [4.69, 9.17) is 0 Å². The summed E-state index contributed by atoms with van der Waals surface area (Å²) in [5.41, 5.74) is 0. The summed E-state index contributed by atoms with van der Waals surface area (Å²) < 4.78 is 1.90. The highest BCUT2D eigenvalue weighted by molar-refractivity contribution is 5.87. The molecule has 3 heterocycles. The molecular weight excluding hydrogens is 256 g/mol. The fourth-order valence-electron chi connectivity index (χ4n) is 2.38. The van der Waals surface area contributed by atoms with Gasteiger partial charge in [0.05, 0.1) is 6.04 Å². The zero-order valence-electron chi connectivity index (χ0n) is 11.2. The van der Waals surface area contributed by atoms with Crippen molar-refractivity contribution in [1.82, 2.24) is 19.7 Å². The molecule has 1 N–H and O–H groups in total. The summed E-state index contributed by atoms with van der Waals surface area (Å²) in [5.74, 6) is 1.23. The minimum absolute atomic E-state index is 0.110. The number of rotatable bonds is 3. The van der Waals surface area contributed by atoms with Crippen molar-refractivity contribution in [3.63, 3.8) is 0 Å². The smallest absolute Gasteiger partial charge is 0.225 e. The monoisotopic (exact) mass is 272 g/mol. The van der Waals surface area contributed by atoms with Crippen LogP contribution in [-0.2, 0) is 4.79 Å². The quantitative estimate of drug-likeness (QED) is 0.905. The van der Waals surface area contributed by atoms with Crippen LogP contribution in [0.25, 0.3) is 0 Å². The van der Waals surface area contributed by atoms with Crippen LogP contribution in [0.4, 0.5) is 11.8 Å². The molecule has 0 aromatic carbocycles. The van der Waals surface area contributed by atoms with Crippen molar-refractivity contribution in [3.05, 3.63) is 30.7 Å². The van der Waals surface area contributed by atoms with Crippen molar-refractivity contribution < 1.29 is 4.79 Å². The molecule has 0 aliphatic carbocycles. The molecular formula is C13H16N6O. The van der Waals surface area contributed by atoms with Crippen LogP contribution >= 0.6 is 0 Å². The second-order valence-corrected chi connectivity index (χ2v) is 4.80. The molecule has 0 saturated carbocycles. The van der Waals surface area contributed by atoms with E-state index in [9.17, 15) is 4.79 Å². The minimum atomic E-state index is -0.110. The van der Waals surface area contributed by atoms with E-state index < -0.39 is 0 Å². The molecule has 0 radical (unpaired) electrons. The molecule has 1 saturated heterocycles. The lowest BCUT2D eigenvalue weighted by atomic mass is 10.3. The Morgan fingerprint density at radius 2 is 2.20 bits per heavy atom. The summed E-state index contributed by atoms with van der Waals surface area (Å²) in [7, 11) is 0. The van der Waals surface area contributed by atoms with Crippen LogP contribution in [0.2, 0.25) is 0 Å². The van der Waals surface area contributed by atoms with Gasteiger partial charge < -0.3 is 10.2 Å². The van der Waals surface area contributed by atoms with E-state index in [1.165, 1.54) is 6.92 Å². The van der Waals surface area contributed by atoms with E-state index >= 15 is 0 Å². The predicted octanol–water partition coefficient (Wildman–Crippen LogP) is 1.08. The second kappa shape index (κ2) is 5.28. The summed E-state index contributed by atoms with van der Waals surface area (Å²) in [6.07, 6.45) is 6.38. The number of anilines is 2. The van der Waals surface area contributed by atoms with E-state index in [-0.39, 0.29) is 11.9 Å². The summed E-state index contributed by atoms with van der Waals surface area (Å²) in [6.45, 7) is 3.21. The molecule has 20 heavy (non-hydrogen) atoms. The molecule has 1 aliphatic rings. The summed E-state index contributed by atoms with van der Waals surface area (Å²) in [6, 6.07) is 3.90. The Hall–Kier alpha value is -2.44. The lowest BCUT2D eigenvalue weighted by molar-refractivity contribution is -0.114. The molecule has 1 amide bonds. The maximum atomic E-state index is 11.0. The van der Waals surface area contributed by atoms with Gasteiger partial charge in [0.1, 0.15) is 0 Å². The first-order valence-corrected chi connectivity index (χ1v) is 6.57. The standard InChI is InChI=1S/C13H16N6O/c1-10(20)16-12-4-8-19(17-12)11-3-7-18(9-11)13-14-5-2-6-15-13/h2,4-6,8,11H,3,7,9H2,1H3,(H,16,17,20). The van der Waals surface area contributed by atoms with Gasteiger partial charge in [0, 0.05) is 44.7 Å². The average Bonchev–Trinajstić information content (AvgIpc) is 3.07. The van der Waals surface area contributed by atoms with Gasteiger partial charge in [-0.3, -0.25) is 9.48 Å². The van der Waals surface area contributed by atoms with Crippen molar-refractivity contribution in [1.29, 1.82) is 0 Å². The first-order valence-electron chi connectivity index (χ1n) is 6.57. The van der Waals surface area contributed by atoms with Crippen molar-refractivity contribution in [2.24, 2.45) is 0 Å². The van der Waals surface area contributed by atoms with E-state index in [1.54, 1.807) is 12.4 Å². The van der Waals surface area contributed by atoms with Crippen LogP contribution in [0.15, 0.2) is 30.7 Å². The van der Waals surface area contributed by atoms with Crippen LogP contribution in [0.5, 0.6) is 0 Å². The highest BCUT2D eigenvalue weighted by Crippen LogP contribution is 2.24. The Bertz CT molecular complexity index is 596. The Morgan fingerprint density at radius 3 is 2.95 bits per heavy atom. The molecule has 1 aliphatic heterocycles. The van der Waals surface area contributed by atoms with Gasteiger partial charge in [0.15, 0.2) is 5.82 Å². The number of hydrogen-bond donors (Lipinski definition) is 1. The lowest BCUT2D eigenvalue weighted by Crippen LogP contribution is -2.23. The number of hydrogen-bond acceptors (Lipinski definition) is 5. The van der Waals surface area contributed by atoms with E-state index in [1.807, 2.05) is 23.0 Å². The fraction of sp³-hybridized carbons (Fsp3) is 0.385. The van der Waals surface area contributed by atoms with E-state index in [0.717, 1.165) is 25.5 Å². The molecule has 0 spiro atoms. The molecule has 3 rings (SSSR count). The third-order valence-corrected chi connectivity index (χ3v) is 3.28. The van der Waals surface area contributed by atoms with Crippen molar-refractivity contribution in [2.75, 3.05) is 23.3 Å². The van der Waals surface area contributed by atoms with Gasteiger partial charge in [0.2, 0.25) is 11.9 Å². The molecule has 7 nitrogen and oxygen atoms in total. The average molecular weight is 272 g/mol. The molecule has 1 unspecified atom stereocenters. The maximum absolute atomic E-state index is 11.0. The molecule has 1 fully saturated rings. The minimum Gasteiger partial charge on any atom is -0.339 e. The van der Waals surface area contributed by atoms with Crippen molar-refractivity contribution in [3.8, 4) is 0 Å². The van der Waals surface area contributed by atoms with Crippen LogP contribution < -0.4 is 10.2 Å². The largest absolute Gasteiger partial charge is 0.339 e. The number of amides is 1. The zero-order chi connectivity index (χ0) is 13.9. The van der Waals surface area contributed by atoms with Crippen molar-refractivity contribution in [2.45, 2.75) is 19.4 Å². The third kappa shape index (κ3) is 2.61. The topological polar surface area (TPSA) is 75.9 Å². The van der Waals surface area contributed by atoms with Crippen molar-refractivity contribution >= 4 is 17.7 Å². The molecule has 2 aromatic rings. The molecule has 7 heteroatoms. The number of carbonyl (C=O) groups excluding carboxylic acids is 1. The van der Waals surface area contributed by atoms with Gasteiger partial charge >= 0.3 is 0 Å². The number of carbonyl (C=O) groups is 1. The van der Waals surface area contributed by atoms with Gasteiger partial charge in [-0.2, -0.15) is 5.10 Å². The Morgan fingerprint density at radius 1 is 1.40 bits per heavy atom. The zero-order valence-corrected chi connectivity index (χ0v) is 11.2. The predicted molar refractivity (Wildman–Crippen MR) is 74.4 cm³/mol. The number of aromatic nitrogens is 4. The van der Waals surface area contributed by atoms with Crippen LogP contribution in [0.1, 0.15) is 19.4 Å². The normalized spacial score (nSPS) is 18.2. The molecule has 0 bridgehead atoms. The van der Waals surface area contributed by atoms with Gasteiger partial charge in [-0.25, -0.2) is 9.97 Å². The van der Waals surface area contributed by atoms with Gasteiger partial charge in [-0.05, 0) is 12.5 Å². The third-order valence-electron chi connectivity index (χ3n) is 3.28. The number of nitrogens with zero attached hydrogens (tertiary/aromatic N) is 5. The highest BCUT2D eigenvalue weighted by atomic mass is 16.1. The first-order chi connectivity index (χ1) is 9.72. The SMILES string of the molecule is CC(=O)Nc1ccn(C2CCN(c3ncccn3)C2)n1. The highest BCUT2D eigenvalue weighted by Gasteiger charge is 2.26. The Labute approximate surface area is 116 Å². The summed E-state index contributed by atoms with van der Waals surface area (Å²) in [4.78, 5) is 21.7.